The second kappa shape index (κ2) is 8.93. The summed E-state index contributed by atoms with van der Waals surface area (Å²) in [5.41, 5.74) is 6.58. The van der Waals surface area contributed by atoms with Crippen LogP contribution in [0.4, 0.5) is 18.9 Å². The molecule has 0 saturated carbocycles. The van der Waals surface area contributed by atoms with Gasteiger partial charge in [-0.15, -0.1) is 13.2 Å². The number of nitrogens with zero attached hydrogens (tertiary/aromatic N) is 2. The third-order valence-electron chi connectivity index (χ3n) is 3.06. The lowest BCUT2D eigenvalue weighted by atomic mass is 10.3. The van der Waals surface area contributed by atoms with E-state index < -0.39 is 12.1 Å². The Hall–Kier alpha value is -2.97. The predicted octanol–water partition coefficient (Wildman–Crippen LogP) is 3.70. The molecule has 0 spiro atoms. The second-order valence-electron chi connectivity index (χ2n) is 5.22. The van der Waals surface area contributed by atoms with Crippen LogP contribution in [0, 0.1) is 0 Å². The van der Waals surface area contributed by atoms with E-state index in [0.29, 0.717) is 12.5 Å². The molecule has 26 heavy (non-hydrogen) atoms. The van der Waals surface area contributed by atoms with Gasteiger partial charge in [0.2, 0.25) is 5.88 Å². The lowest BCUT2D eigenvalue weighted by Gasteiger charge is -2.14. The van der Waals surface area contributed by atoms with Gasteiger partial charge in [0.1, 0.15) is 0 Å². The molecule has 1 aromatic heterocycles. The van der Waals surface area contributed by atoms with Crippen LogP contribution in [-0.2, 0) is 6.54 Å². The van der Waals surface area contributed by atoms with Crippen molar-refractivity contribution in [1.82, 2.24) is 4.98 Å². The molecule has 0 saturated heterocycles. The molecule has 0 atom stereocenters. The molecule has 140 valence electrons. The average Bonchev–Trinajstić information content (AvgIpc) is 2.59. The average molecular weight is 368 g/mol. The Kier molecular flexibility index (Phi) is 6.65. The second-order valence-corrected chi connectivity index (χ2v) is 5.22. The first-order valence-electron chi connectivity index (χ1n) is 7.87. The number of aliphatic imine (C=N–C) groups is 1. The molecule has 0 radical (unpaired) electrons. The fourth-order valence-corrected chi connectivity index (χ4v) is 1.93. The maximum atomic E-state index is 12.4. The maximum absolute atomic E-state index is 12.4. The molecule has 0 amide bonds. The van der Waals surface area contributed by atoms with Gasteiger partial charge in [-0.1, -0.05) is 25.1 Å². The number of hydrogen-bond donors (Lipinski definition) is 2. The van der Waals surface area contributed by atoms with Crippen LogP contribution >= 0.6 is 0 Å². The van der Waals surface area contributed by atoms with Gasteiger partial charge < -0.3 is 20.5 Å². The minimum atomic E-state index is -4.79. The van der Waals surface area contributed by atoms with Crippen molar-refractivity contribution >= 4 is 11.6 Å². The topological polar surface area (TPSA) is 81.8 Å². The van der Waals surface area contributed by atoms with E-state index in [0.717, 1.165) is 12.0 Å². The van der Waals surface area contributed by atoms with Crippen molar-refractivity contribution in [3.63, 3.8) is 0 Å². The minimum Gasteiger partial charge on any atom is -0.478 e. The highest BCUT2D eigenvalue weighted by Crippen LogP contribution is 2.29. The zero-order chi connectivity index (χ0) is 19.0. The van der Waals surface area contributed by atoms with Gasteiger partial charge in [0.05, 0.1) is 18.8 Å². The third-order valence-corrected chi connectivity index (χ3v) is 3.06. The molecule has 9 heteroatoms. The summed E-state index contributed by atoms with van der Waals surface area (Å²) in [6.07, 6.45) is -2.31. The first kappa shape index (κ1) is 19.4. The number of pyridine rings is 1. The minimum absolute atomic E-state index is 0.0467. The van der Waals surface area contributed by atoms with Gasteiger partial charge in [0.15, 0.2) is 11.7 Å². The molecule has 6 nitrogen and oxygen atoms in total. The first-order chi connectivity index (χ1) is 12.4. The normalized spacial score (nSPS) is 11.9. The van der Waals surface area contributed by atoms with Crippen LogP contribution in [0.15, 0.2) is 47.6 Å². The Balaban J connectivity index is 1.98. The highest BCUT2D eigenvalue weighted by atomic mass is 19.4. The van der Waals surface area contributed by atoms with Crippen LogP contribution in [0.2, 0.25) is 0 Å². The number of guanidine groups is 1. The maximum Gasteiger partial charge on any atom is 0.573 e. The number of nitrogens with two attached hydrogens (primary N) is 1. The van der Waals surface area contributed by atoms with E-state index in [2.05, 4.69) is 20.0 Å². The highest BCUT2D eigenvalue weighted by Gasteiger charge is 2.32. The lowest BCUT2D eigenvalue weighted by Crippen LogP contribution is -2.24. The fourth-order valence-electron chi connectivity index (χ4n) is 1.93. The van der Waals surface area contributed by atoms with Crippen molar-refractivity contribution in [1.29, 1.82) is 0 Å². The van der Waals surface area contributed by atoms with Gasteiger partial charge in [-0.2, -0.15) is 0 Å². The third kappa shape index (κ3) is 6.50. The number of para-hydroxylation sites is 2. The smallest absolute Gasteiger partial charge is 0.478 e. The predicted molar refractivity (Wildman–Crippen MR) is 92.1 cm³/mol. The zero-order valence-electron chi connectivity index (χ0n) is 14.1. The van der Waals surface area contributed by atoms with Gasteiger partial charge in [-0.25, -0.2) is 9.98 Å². The Labute approximate surface area is 148 Å². The molecule has 0 bridgehead atoms. The van der Waals surface area contributed by atoms with Gasteiger partial charge >= 0.3 is 6.36 Å². The van der Waals surface area contributed by atoms with E-state index in [-0.39, 0.29) is 18.2 Å². The molecular formula is C17H19F3N4O2. The van der Waals surface area contributed by atoms with Crippen molar-refractivity contribution in [2.75, 3.05) is 11.9 Å². The fraction of sp³-hybridized carbons (Fsp3) is 0.294. The molecule has 1 aromatic carbocycles. The van der Waals surface area contributed by atoms with Crippen LogP contribution in [0.3, 0.4) is 0 Å². The number of anilines is 1. The molecule has 0 aliphatic rings. The van der Waals surface area contributed by atoms with E-state index in [1.165, 1.54) is 18.2 Å². The van der Waals surface area contributed by atoms with Gasteiger partial charge in [0, 0.05) is 12.3 Å². The van der Waals surface area contributed by atoms with Crippen LogP contribution < -0.4 is 20.5 Å². The van der Waals surface area contributed by atoms with Gasteiger partial charge in [0.25, 0.3) is 0 Å². The number of halogens is 3. The molecule has 0 aliphatic heterocycles. The summed E-state index contributed by atoms with van der Waals surface area (Å²) < 4.78 is 46.6. The largest absolute Gasteiger partial charge is 0.573 e. The molecule has 0 fully saturated rings. The molecule has 0 aliphatic carbocycles. The number of rotatable bonds is 7. The monoisotopic (exact) mass is 368 g/mol. The summed E-state index contributed by atoms with van der Waals surface area (Å²) in [5.74, 6) is 0.0793. The number of alkyl halides is 3. The standard InChI is InChI=1S/C17H19F3N4O2/c1-2-9-25-15-8-7-12(10-22-15)11-23-16(21)24-13-5-3-4-6-14(13)26-17(18,19)20/h3-8,10H,2,9,11H2,1H3,(H3,21,23,24). The van der Waals surface area contributed by atoms with Gasteiger partial charge in [-0.3, -0.25) is 0 Å². The summed E-state index contributed by atoms with van der Waals surface area (Å²) in [7, 11) is 0. The van der Waals surface area contributed by atoms with Gasteiger partial charge in [-0.05, 0) is 24.1 Å². The van der Waals surface area contributed by atoms with Crippen molar-refractivity contribution in [3.8, 4) is 11.6 Å². The summed E-state index contributed by atoms with van der Waals surface area (Å²) in [5, 5.41) is 2.60. The highest BCUT2D eigenvalue weighted by molar-refractivity contribution is 5.93. The van der Waals surface area contributed by atoms with Crippen molar-refractivity contribution in [3.05, 3.63) is 48.2 Å². The molecular weight excluding hydrogens is 349 g/mol. The van der Waals surface area contributed by atoms with E-state index >= 15 is 0 Å². The number of ether oxygens (including phenoxy) is 2. The molecule has 1 heterocycles. The summed E-state index contributed by atoms with van der Waals surface area (Å²) >= 11 is 0. The summed E-state index contributed by atoms with van der Waals surface area (Å²) in [4.78, 5) is 8.22. The van der Waals surface area contributed by atoms with Crippen molar-refractivity contribution in [2.24, 2.45) is 10.7 Å². The quantitative estimate of drug-likeness (QED) is 0.575. The van der Waals surface area contributed by atoms with Crippen LogP contribution in [0.5, 0.6) is 11.6 Å². The van der Waals surface area contributed by atoms with E-state index in [1.54, 1.807) is 24.4 Å². The summed E-state index contributed by atoms with van der Waals surface area (Å²) in [6, 6.07) is 9.07. The zero-order valence-corrected chi connectivity index (χ0v) is 14.1. The molecule has 2 rings (SSSR count). The van der Waals surface area contributed by atoms with Crippen LogP contribution in [0.1, 0.15) is 18.9 Å². The number of hydrogen-bond acceptors (Lipinski definition) is 4. The SMILES string of the molecule is CCCOc1ccc(CN=C(N)Nc2ccccc2OC(F)(F)F)cn1. The van der Waals surface area contributed by atoms with Crippen molar-refractivity contribution < 1.29 is 22.6 Å². The lowest BCUT2D eigenvalue weighted by molar-refractivity contribution is -0.274. The molecule has 0 unspecified atom stereocenters. The molecule has 3 N–H and O–H groups in total. The Morgan fingerprint density at radius 2 is 2.00 bits per heavy atom. The number of nitrogens with one attached hydrogen (secondary N) is 1. The Morgan fingerprint density at radius 3 is 2.65 bits per heavy atom. The van der Waals surface area contributed by atoms with Crippen LogP contribution in [0.25, 0.3) is 0 Å². The first-order valence-corrected chi connectivity index (χ1v) is 7.87. The Bertz CT molecular complexity index is 734. The van der Waals surface area contributed by atoms with E-state index in [4.69, 9.17) is 10.5 Å². The van der Waals surface area contributed by atoms with E-state index in [9.17, 15) is 13.2 Å². The summed E-state index contributed by atoms with van der Waals surface area (Å²) in [6.45, 7) is 2.79. The number of aromatic nitrogens is 1. The van der Waals surface area contributed by atoms with Crippen LogP contribution in [-0.4, -0.2) is 23.9 Å². The number of benzene rings is 1. The Morgan fingerprint density at radius 1 is 1.23 bits per heavy atom. The van der Waals surface area contributed by atoms with E-state index in [1.807, 2.05) is 6.92 Å². The molecule has 2 aromatic rings. The van der Waals surface area contributed by atoms with Crippen molar-refractivity contribution in [2.45, 2.75) is 26.3 Å².